The molecule has 45 heavy (non-hydrogen) atoms. The molecule has 0 nitrogen and oxygen atoms in total. The van der Waals surface area contributed by atoms with Gasteiger partial charge in [-0.2, -0.15) is 0 Å². The second-order valence-electron chi connectivity index (χ2n) is 18.1. The number of fused-ring (bicyclic) bond motifs is 3. The van der Waals surface area contributed by atoms with E-state index in [1.54, 1.807) is 16.7 Å². The smallest absolute Gasteiger partial charge is 0.00998 e. The monoisotopic (exact) mass is 600 g/mol. The molecular weight excluding hydrogens is 540 g/mol. The summed E-state index contributed by atoms with van der Waals surface area (Å²) in [6.45, 7) is 15.3. The molecule has 4 aliphatic rings. The van der Waals surface area contributed by atoms with E-state index in [0.717, 1.165) is 47.3 Å². The first-order valence-corrected chi connectivity index (χ1v) is 18.8. The maximum absolute atomic E-state index is 2.55. The van der Waals surface area contributed by atoms with Crippen LogP contribution in [-0.2, 0) is 0 Å². The van der Waals surface area contributed by atoms with E-state index in [1.807, 2.05) is 0 Å². The molecule has 0 spiro atoms. The first-order chi connectivity index (χ1) is 21.6. The van der Waals surface area contributed by atoms with E-state index in [1.165, 1.54) is 51.4 Å². The molecule has 7 rings (SSSR count). The molecule has 9 atom stereocenters. The van der Waals surface area contributed by atoms with Crippen molar-refractivity contribution >= 4 is 0 Å². The van der Waals surface area contributed by atoms with Gasteiger partial charge in [0.2, 0.25) is 0 Å². The summed E-state index contributed by atoms with van der Waals surface area (Å²) in [5, 5.41) is 0. The Balaban J connectivity index is 1.36. The van der Waals surface area contributed by atoms with E-state index in [4.69, 9.17) is 0 Å². The Hall–Kier alpha value is -2.34. The van der Waals surface area contributed by atoms with Gasteiger partial charge in [-0.3, -0.25) is 0 Å². The summed E-state index contributed by atoms with van der Waals surface area (Å²) in [4.78, 5) is 0. The molecule has 0 amide bonds. The maximum Gasteiger partial charge on any atom is -0.00998 e. The van der Waals surface area contributed by atoms with Crippen LogP contribution in [0.25, 0.3) is 0 Å². The van der Waals surface area contributed by atoms with Crippen molar-refractivity contribution in [1.29, 1.82) is 0 Å². The minimum absolute atomic E-state index is 0.314. The van der Waals surface area contributed by atoms with Gasteiger partial charge in [0, 0.05) is 0 Å². The zero-order valence-corrected chi connectivity index (χ0v) is 29.2. The van der Waals surface area contributed by atoms with Crippen molar-refractivity contribution in [2.45, 2.75) is 111 Å². The summed E-state index contributed by atoms with van der Waals surface area (Å²) in [6.07, 6.45) is 11.4. The van der Waals surface area contributed by atoms with Crippen molar-refractivity contribution in [2.75, 3.05) is 0 Å². The largest absolute Gasteiger partial charge is 0.0622 e. The lowest BCUT2D eigenvalue weighted by Gasteiger charge is -2.49. The lowest BCUT2D eigenvalue weighted by atomic mass is 9.55. The molecule has 0 N–H and O–H groups in total. The molecule has 0 bridgehead atoms. The van der Waals surface area contributed by atoms with Crippen LogP contribution in [0.1, 0.15) is 127 Å². The molecule has 0 saturated heterocycles. The highest BCUT2D eigenvalue weighted by Crippen LogP contribution is 2.69. The normalized spacial score (nSPS) is 34.7. The Morgan fingerprint density at radius 1 is 0.489 bits per heavy atom. The Kier molecular flexibility index (Phi) is 8.59. The zero-order chi connectivity index (χ0) is 31.3. The van der Waals surface area contributed by atoms with E-state index in [-0.39, 0.29) is 0 Å². The highest BCUT2D eigenvalue weighted by atomic mass is 14.7. The Morgan fingerprint density at radius 2 is 0.889 bits per heavy atom. The molecular formula is C45H60. The van der Waals surface area contributed by atoms with E-state index >= 15 is 0 Å². The number of hydrogen-bond acceptors (Lipinski definition) is 0. The fraction of sp³-hybridized carbons (Fsp3) is 0.600. The molecule has 3 aromatic rings. The molecule has 0 aliphatic heterocycles. The van der Waals surface area contributed by atoms with E-state index in [0.29, 0.717) is 28.6 Å². The SMILES string of the molecule is CC(C)(C)C1CC2C3CC(C(C)(C)C)C(c4ccccc4)CC3C(C(c3ccccc3)C3CCCC3)C2CC1c1ccccc1. The number of rotatable bonds is 5. The van der Waals surface area contributed by atoms with Gasteiger partial charge in [-0.1, -0.05) is 145 Å². The van der Waals surface area contributed by atoms with Gasteiger partial charge >= 0.3 is 0 Å². The summed E-state index contributed by atoms with van der Waals surface area (Å²) in [6, 6.07) is 35.5. The summed E-state index contributed by atoms with van der Waals surface area (Å²) in [5.41, 5.74) is 5.51. The minimum Gasteiger partial charge on any atom is -0.0622 e. The molecule has 9 unspecified atom stereocenters. The molecule has 0 aromatic heterocycles. The van der Waals surface area contributed by atoms with Gasteiger partial charge in [0.1, 0.15) is 0 Å². The second-order valence-corrected chi connectivity index (χ2v) is 18.1. The van der Waals surface area contributed by atoms with Crippen molar-refractivity contribution in [3.8, 4) is 0 Å². The predicted octanol–water partition coefficient (Wildman–Crippen LogP) is 12.5. The molecule has 4 fully saturated rings. The fourth-order valence-corrected chi connectivity index (χ4v) is 12.1. The number of hydrogen-bond donors (Lipinski definition) is 0. The lowest BCUT2D eigenvalue weighted by molar-refractivity contribution is 0.0336. The van der Waals surface area contributed by atoms with Crippen LogP contribution in [0.5, 0.6) is 0 Å². The molecule has 0 heterocycles. The zero-order valence-electron chi connectivity index (χ0n) is 29.2. The lowest BCUT2D eigenvalue weighted by Crippen LogP contribution is -2.40. The van der Waals surface area contributed by atoms with Crippen LogP contribution in [0.3, 0.4) is 0 Å². The van der Waals surface area contributed by atoms with Crippen molar-refractivity contribution in [2.24, 2.45) is 58.2 Å². The predicted molar refractivity (Wildman–Crippen MR) is 191 cm³/mol. The fourth-order valence-electron chi connectivity index (χ4n) is 12.1. The van der Waals surface area contributed by atoms with Crippen molar-refractivity contribution < 1.29 is 0 Å². The van der Waals surface area contributed by atoms with Crippen LogP contribution in [0, 0.1) is 58.2 Å². The second kappa shape index (κ2) is 12.4. The summed E-state index contributed by atoms with van der Waals surface area (Å²) < 4.78 is 0. The summed E-state index contributed by atoms with van der Waals surface area (Å²) in [5.74, 6) is 8.53. The first-order valence-electron chi connectivity index (χ1n) is 18.8. The third-order valence-electron chi connectivity index (χ3n) is 13.9. The van der Waals surface area contributed by atoms with Gasteiger partial charge in [0.05, 0.1) is 0 Å². The molecule has 0 heteroatoms. The van der Waals surface area contributed by atoms with Gasteiger partial charge in [0.15, 0.2) is 0 Å². The van der Waals surface area contributed by atoms with Crippen molar-refractivity contribution in [3.63, 3.8) is 0 Å². The van der Waals surface area contributed by atoms with Crippen LogP contribution >= 0.6 is 0 Å². The van der Waals surface area contributed by atoms with Crippen LogP contribution in [0.15, 0.2) is 91.0 Å². The van der Waals surface area contributed by atoms with Gasteiger partial charge in [0.25, 0.3) is 0 Å². The molecule has 3 aromatic carbocycles. The highest BCUT2D eigenvalue weighted by molar-refractivity contribution is 5.29. The molecule has 4 saturated carbocycles. The minimum atomic E-state index is 0.314. The van der Waals surface area contributed by atoms with Crippen LogP contribution in [0.4, 0.5) is 0 Å². The summed E-state index contributed by atoms with van der Waals surface area (Å²) in [7, 11) is 0. The third kappa shape index (κ3) is 5.98. The number of benzene rings is 3. The van der Waals surface area contributed by atoms with Gasteiger partial charge in [-0.05, 0) is 131 Å². The Labute approximate surface area is 275 Å². The Morgan fingerprint density at radius 3 is 1.29 bits per heavy atom. The van der Waals surface area contributed by atoms with Crippen molar-refractivity contribution in [1.82, 2.24) is 0 Å². The molecule has 240 valence electrons. The van der Waals surface area contributed by atoms with E-state index in [9.17, 15) is 0 Å². The third-order valence-corrected chi connectivity index (χ3v) is 13.9. The van der Waals surface area contributed by atoms with Crippen LogP contribution in [-0.4, -0.2) is 0 Å². The quantitative estimate of drug-likeness (QED) is 0.273. The highest BCUT2D eigenvalue weighted by Gasteiger charge is 2.61. The maximum atomic E-state index is 2.55. The van der Waals surface area contributed by atoms with Crippen LogP contribution < -0.4 is 0 Å². The van der Waals surface area contributed by atoms with E-state index in [2.05, 4.69) is 133 Å². The molecule has 0 radical (unpaired) electrons. The average molecular weight is 601 g/mol. The van der Waals surface area contributed by atoms with E-state index < -0.39 is 0 Å². The average Bonchev–Trinajstić information content (AvgIpc) is 3.67. The molecule has 4 aliphatic carbocycles. The topological polar surface area (TPSA) is 0 Å². The van der Waals surface area contributed by atoms with Crippen molar-refractivity contribution in [3.05, 3.63) is 108 Å². The standard InChI is InChI=1S/C45H60/c1-44(2,3)40-28-36-37-29-41(45(4,5)6)35(31-20-12-8-13-21-31)27-39(37)43(38(36)26-34(40)30-18-10-7-11-19-30)42(33-24-16-17-25-33)32-22-14-9-15-23-32/h7-15,18-23,33-43H,16-17,24-29H2,1-6H3. The van der Waals surface area contributed by atoms with Gasteiger partial charge < -0.3 is 0 Å². The Bertz CT molecular complexity index is 1290. The summed E-state index contributed by atoms with van der Waals surface area (Å²) >= 11 is 0. The van der Waals surface area contributed by atoms with Gasteiger partial charge in [-0.25, -0.2) is 0 Å². The first kappa shape index (κ1) is 31.3. The van der Waals surface area contributed by atoms with Crippen LogP contribution in [0.2, 0.25) is 0 Å². The van der Waals surface area contributed by atoms with Gasteiger partial charge in [-0.15, -0.1) is 0 Å².